The van der Waals surface area contributed by atoms with Crippen molar-refractivity contribution < 1.29 is 9.59 Å². The van der Waals surface area contributed by atoms with Gasteiger partial charge in [-0.1, -0.05) is 56.0 Å². The molecule has 0 aromatic heterocycles. The molecule has 148 valence electrons. The van der Waals surface area contributed by atoms with E-state index >= 15 is 0 Å². The van der Waals surface area contributed by atoms with Crippen LogP contribution in [0.2, 0.25) is 0 Å². The maximum absolute atomic E-state index is 13.1. The number of nitrogens with zero attached hydrogens (tertiary/aromatic N) is 1. The Hall–Kier alpha value is -1.84. The number of nitrogens with one attached hydrogen (secondary N) is 1. The molecule has 1 heterocycles. The van der Waals surface area contributed by atoms with Crippen molar-refractivity contribution in [2.24, 2.45) is 5.92 Å². The van der Waals surface area contributed by atoms with Crippen molar-refractivity contribution >= 4 is 11.8 Å². The van der Waals surface area contributed by atoms with Gasteiger partial charge in [-0.2, -0.15) is 0 Å². The molecule has 4 heteroatoms. The van der Waals surface area contributed by atoms with Crippen molar-refractivity contribution in [3.05, 3.63) is 35.9 Å². The maximum Gasteiger partial charge on any atom is 0.225 e. The molecule has 0 unspecified atom stereocenters. The molecule has 2 atom stereocenters. The van der Waals surface area contributed by atoms with Crippen LogP contribution in [0.25, 0.3) is 0 Å². The Kier molecular flexibility index (Phi) is 7.73. The van der Waals surface area contributed by atoms with E-state index in [0.717, 1.165) is 77.3 Å². The van der Waals surface area contributed by atoms with Crippen LogP contribution in [0.3, 0.4) is 0 Å². The van der Waals surface area contributed by atoms with Crippen molar-refractivity contribution in [2.75, 3.05) is 13.1 Å². The first-order valence-corrected chi connectivity index (χ1v) is 10.9. The Labute approximate surface area is 163 Å². The van der Waals surface area contributed by atoms with Crippen LogP contribution in [-0.2, 0) is 16.0 Å². The van der Waals surface area contributed by atoms with Gasteiger partial charge in [0, 0.05) is 25.6 Å². The fourth-order valence-electron chi connectivity index (χ4n) is 4.60. The standard InChI is InChI=1S/C23H34N2O2/c26-22(16-10-13-19-11-4-3-5-12-19)25-18-9-2-1-8-17-24-23(27)20-14-6-7-15-21(20)25/h3-5,11-12,20-21H,1-2,6-10,13-18H2,(H,24,27)/t20-,21+/m1/s1. The summed E-state index contributed by atoms with van der Waals surface area (Å²) in [5.74, 6) is 0.397. The van der Waals surface area contributed by atoms with Gasteiger partial charge >= 0.3 is 0 Å². The van der Waals surface area contributed by atoms with Crippen molar-refractivity contribution in [1.29, 1.82) is 0 Å². The third-order valence-corrected chi connectivity index (χ3v) is 6.11. The summed E-state index contributed by atoms with van der Waals surface area (Å²) < 4.78 is 0. The van der Waals surface area contributed by atoms with Crippen LogP contribution < -0.4 is 5.32 Å². The van der Waals surface area contributed by atoms with Crippen LogP contribution in [0.5, 0.6) is 0 Å². The third-order valence-electron chi connectivity index (χ3n) is 6.11. The van der Waals surface area contributed by atoms with E-state index in [1.807, 2.05) is 6.07 Å². The van der Waals surface area contributed by atoms with E-state index in [-0.39, 0.29) is 23.8 Å². The molecule has 4 nitrogen and oxygen atoms in total. The van der Waals surface area contributed by atoms with Gasteiger partial charge in [-0.05, 0) is 44.1 Å². The van der Waals surface area contributed by atoms with Crippen LogP contribution in [0, 0.1) is 5.92 Å². The van der Waals surface area contributed by atoms with E-state index in [9.17, 15) is 9.59 Å². The monoisotopic (exact) mass is 370 g/mol. The quantitative estimate of drug-likeness (QED) is 0.868. The van der Waals surface area contributed by atoms with Crippen LogP contribution >= 0.6 is 0 Å². The summed E-state index contributed by atoms with van der Waals surface area (Å²) in [6.07, 6.45) is 10.9. The molecule has 1 aliphatic carbocycles. The lowest BCUT2D eigenvalue weighted by Gasteiger charge is -2.39. The molecule has 0 spiro atoms. The summed E-state index contributed by atoms with van der Waals surface area (Å²) in [6.45, 7) is 1.60. The molecule has 1 N–H and O–H groups in total. The second-order valence-corrected chi connectivity index (χ2v) is 8.09. The average molecular weight is 371 g/mol. The number of rotatable bonds is 4. The number of carbonyl (C=O) groups excluding carboxylic acids is 2. The van der Waals surface area contributed by atoms with Gasteiger partial charge in [-0.15, -0.1) is 0 Å². The lowest BCUT2D eigenvalue weighted by molar-refractivity contribution is -0.139. The Morgan fingerprint density at radius 3 is 2.63 bits per heavy atom. The summed E-state index contributed by atoms with van der Waals surface area (Å²) >= 11 is 0. The lowest BCUT2D eigenvalue weighted by atomic mass is 9.82. The van der Waals surface area contributed by atoms with E-state index in [0.29, 0.717) is 6.42 Å². The molecule has 2 aliphatic rings. The third kappa shape index (κ3) is 5.82. The highest BCUT2D eigenvalue weighted by Gasteiger charge is 2.36. The van der Waals surface area contributed by atoms with Crippen LogP contribution in [0.15, 0.2) is 30.3 Å². The smallest absolute Gasteiger partial charge is 0.225 e. The van der Waals surface area contributed by atoms with E-state index in [2.05, 4.69) is 34.5 Å². The molecule has 1 aromatic carbocycles. The summed E-state index contributed by atoms with van der Waals surface area (Å²) in [4.78, 5) is 27.9. The molecule has 1 aliphatic heterocycles. The molecule has 2 fully saturated rings. The molecule has 3 rings (SSSR count). The average Bonchev–Trinajstić information content (AvgIpc) is 2.73. The highest BCUT2D eigenvalue weighted by atomic mass is 16.2. The first-order chi connectivity index (χ1) is 13.3. The second kappa shape index (κ2) is 10.5. The van der Waals surface area contributed by atoms with Gasteiger partial charge in [0.1, 0.15) is 0 Å². The highest BCUT2D eigenvalue weighted by Crippen LogP contribution is 2.30. The number of carbonyl (C=O) groups is 2. The summed E-state index contributed by atoms with van der Waals surface area (Å²) in [7, 11) is 0. The topological polar surface area (TPSA) is 49.4 Å². The van der Waals surface area contributed by atoms with Gasteiger partial charge < -0.3 is 10.2 Å². The van der Waals surface area contributed by atoms with Crippen molar-refractivity contribution in [3.8, 4) is 0 Å². The zero-order valence-corrected chi connectivity index (χ0v) is 16.5. The SMILES string of the molecule is O=C1NCCCCCCN(C(=O)CCCc2ccccc2)[C@H]2CCCC[C@@H]12. The highest BCUT2D eigenvalue weighted by molar-refractivity contribution is 5.82. The number of hydrogen-bond acceptors (Lipinski definition) is 2. The fourth-order valence-corrected chi connectivity index (χ4v) is 4.60. The molecular weight excluding hydrogens is 336 g/mol. The molecule has 2 amide bonds. The number of fused-ring (bicyclic) bond motifs is 1. The summed E-state index contributed by atoms with van der Waals surface area (Å²) in [5, 5.41) is 3.13. The molecular formula is C23H34N2O2. The summed E-state index contributed by atoms with van der Waals surface area (Å²) in [6, 6.07) is 10.5. The van der Waals surface area contributed by atoms with Crippen LogP contribution in [0.1, 0.15) is 69.8 Å². The van der Waals surface area contributed by atoms with Crippen molar-refractivity contribution in [3.63, 3.8) is 0 Å². The Morgan fingerprint density at radius 2 is 1.78 bits per heavy atom. The van der Waals surface area contributed by atoms with E-state index in [4.69, 9.17) is 0 Å². The molecule has 1 saturated heterocycles. The maximum atomic E-state index is 13.1. The Bertz CT molecular complexity index is 602. The first-order valence-electron chi connectivity index (χ1n) is 10.9. The second-order valence-electron chi connectivity index (χ2n) is 8.09. The van der Waals surface area contributed by atoms with E-state index in [1.54, 1.807) is 0 Å². The minimum Gasteiger partial charge on any atom is -0.356 e. The van der Waals surface area contributed by atoms with Gasteiger partial charge in [0.2, 0.25) is 11.8 Å². The largest absolute Gasteiger partial charge is 0.356 e. The van der Waals surface area contributed by atoms with Gasteiger partial charge in [-0.25, -0.2) is 0 Å². The van der Waals surface area contributed by atoms with E-state index in [1.165, 1.54) is 5.56 Å². The zero-order valence-electron chi connectivity index (χ0n) is 16.5. The molecule has 0 radical (unpaired) electrons. The van der Waals surface area contributed by atoms with Gasteiger partial charge in [-0.3, -0.25) is 9.59 Å². The lowest BCUT2D eigenvalue weighted by Crippen LogP contribution is -2.51. The molecule has 27 heavy (non-hydrogen) atoms. The zero-order chi connectivity index (χ0) is 18.9. The van der Waals surface area contributed by atoms with Crippen LogP contribution in [-0.4, -0.2) is 35.8 Å². The molecule has 1 saturated carbocycles. The Morgan fingerprint density at radius 1 is 1.00 bits per heavy atom. The number of aryl methyl sites for hydroxylation is 1. The van der Waals surface area contributed by atoms with Crippen molar-refractivity contribution in [2.45, 2.75) is 76.7 Å². The first kappa shape index (κ1) is 19.9. The molecule has 0 bridgehead atoms. The van der Waals surface area contributed by atoms with E-state index < -0.39 is 0 Å². The fraction of sp³-hybridized carbons (Fsp3) is 0.652. The summed E-state index contributed by atoms with van der Waals surface area (Å²) in [5.41, 5.74) is 1.29. The number of amides is 2. The Balaban J connectivity index is 1.64. The normalized spacial score (nSPS) is 24.4. The van der Waals surface area contributed by atoms with Gasteiger partial charge in [0.15, 0.2) is 0 Å². The minimum absolute atomic E-state index is 0.0186. The number of hydrogen-bond donors (Lipinski definition) is 1. The number of benzene rings is 1. The molecule has 1 aromatic rings. The minimum atomic E-state index is -0.0186. The van der Waals surface area contributed by atoms with Crippen LogP contribution in [0.4, 0.5) is 0 Å². The van der Waals surface area contributed by atoms with Gasteiger partial charge in [0.05, 0.1) is 5.92 Å². The predicted molar refractivity (Wildman–Crippen MR) is 108 cm³/mol. The predicted octanol–water partition coefficient (Wildman–Crippen LogP) is 4.09. The van der Waals surface area contributed by atoms with Gasteiger partial charge in [0.25, 0.3) is 0 Å². The van der Waals surface area contributed by atoms with Crippen molar-refractivity contribution in [1.82, 2.24) is 10.2 Å².